The van der Waals surface area contributed by atoms with Gasteiger partial charge in [-0.2, -0.15) is 5.26 Å². The summed E-state index contributed by atoms with van der Waals surface area (Å²) in [5.41, 5.74) is 1.72. The van der Waals surface area contributed by atoms with Gasteiger partial charge in [-0.1, -0.05) is 23.2 Å². The third-order valence-corrected chi connectivity index (χ3v) is 4.73. The topological polar surface area (TPSA) is 73.2 Å². The second-order valence-electron chi connectivity index (χ2n) is 5.68. The highest BCUT2D eigenvalue weighted by atomic mass is 35.5. The number of nitrogens with zero attached hydrogens (tertiary/aromatic N) is 2. The van der Waals surface area contributed by atoms with E-state index in [9.17, 15) is 9.59 Å². The number of hydrogen-bond acceptors (Lipinski definition) is 3. The van der Waals surface area contributed by atoms with Gasteiger partial charge in [0.05, 0.1) is 27.6 Å². The minimum absolute atomic E-state index is 0.127. The van der Waals surface area contributed by atoms with E-state index < -0.39 is 5.92 Å². The van der Waals surface area contributed by atoms with Crippen LogP contribution in [0.1, 0.15) is 12.0 Å². The number of carbonyl (C=O) groups is 2. The molecule has 2 aromatic rings. The quantitative estimate of drug-likeness (QED) is 0.887. The molecule has 25 heavy (non-hydrogen) atoms. The molecule has 0 radical (unpaired) electrons. The van der Waals surface area contributed by atoms with Gasteiger partial charge in [0.25, 0.3) is 0 Å². The first-order chi connectivity index (χ1) is 12.0. The van der Waals surface area contributed by atoms with Gasteiger partial charge in [-0.25, -0.2) is 0 Å². The summed E-state index contributed by atoms with van der Waals surface area (Å²) in [5, 5.41) is 12.3. The van der Waals surface area contributed by atoms with Crippen molar-refractivity contribution in [3.63, 3.8) is 0 Å². The molecule has 1 heterocycles. The number of anilines is 2. The highest BCUT2D eigenvalue weighted by Gasteiger charge is 2.35. The fourth-order valence-electron chi connectivity index (χ4n) is 2.66. The van der Waals surface area contributed by atoms with Crippen LogP contribution in [0.3, 0.4) is 0 Å². The number of carbonyl (C=O) groups excluding carboxylic acids is 2. The zero-order valence-corrected chi connectivity index (χ0v) is 14.5. The fraction of sp³-hybridized carbons (Fsp3) is 0.167. The molecule has 2 amide bonds. The van der Waals surface area contributed by atoms with Crippen LogP contribution in [0.15, 0.2) is 42.5 Å². The van der Waals surface area contributed by atoms with Gasteiger partial charge in [-0.3, -0.25) is 9.59 Å². The van der Waals surface area contributed by atoms with Gasteiger partial charge in [-0.15, -0.1) is 0 Å². The Bertz CT molecular complexity index is 875. The summed E-state index contributed by atoms with van der Waals surface area (Å²) in [6.45, 7) is 0.277. The Hall–Kier alpha value is -2.55. The van der Waals surface area contributed by atoms with Crippen LogP contribution in [-0.2, 0) is 9.59 Å². The molecule has 7 heteroatoms. The van der Waals surface area contributed by atoms with E-state index in [-0.39, 0.29) is 24.8 Å². The van der Waals surface area contributed by atoms with Gasteiger partial charge in [0.1, 0.15) is 0 Å². The zero-order chi connectivity index (χ0) is 18.0. The van der Waals surface area contributed by atoms with E-state index in [4.69, 9.17) is 28.5 Å². The third-order valence-electron chi connectivity index (χ3n) is 3.99. The number of rotatable bonds is 3. The van der Waals surface area contributed by atoms with Crippen molar-refractivity contribution in [2.24, 2.45) is 5.92 Å². The van der Waals surface area contributed by atoms with E-state index in [1.54, 1.807) is 42.5 Å². The maximum absolute atomic E-state index is 12.4. The summed E-state index contributed by atoms with van der Waals surface area (Å²) in [6, 6.07) is 13.5. The summed E-state index contributed by atoms with van der Waals surface area (Å²) in [7, 11) is 0. The van der Waals surface area contributed by atoms with Crippen molar-refractivity contribution < 1.29 is 9.59 Å². The van der Waals surface area contributed by atoms with Gasteiger partial charge < -0.3 is 10.2 Å². The molecule has 1 saturated heterocycles. The summed E-state index contributed by atoms with van der Waals surface area (Å²) < 4.78 is 0. The van der Waals surface area contributed by atoms with Crippen LogP contribution in [-0.4, -0.2) is 18.4 Å². The zero-order valence-electron chi connectivity index (χ0n) is 13.0. The molecule has 1 fully saturated rings. The van der Waals surface area contributed by atoms with Crippen molar-refractivity contribution in [1.82, 2.24) is 0 Å². The van der Waals surface area contributed by atoms with Gasteiger partial charge in [0, 0.05) is 24.3 Å². The Kier molecular flexibility index (Phi) is 4.93. The Morgan fingerprint density at radius 2 is 1.88 bits per heavy atom. The Labute approximate surface area is 154 Å². The lowest BCUT2D eigenvalue weighted by Crippen LogP contribution is -2.28. The van der Waals surface area contributed by atoms with Gasteiger partial charge >= 0.3 is 0 Å². The van der Waals surface area contributed by atoms with Crippen molar-refractivity contribution in [1.29, 1.82) is 5.26 Å². The van der Waals surface area contributed by atoms with Gasteiger partial charge in [-0.05, 0) is 42.5 Å². The maximum atomic E-state index is 12.4. The Morgan fingerprint density at radius 3 is 2.52 bits per heavy atom. The summed E-state index contributed by atoms with van der Waals surface area (Å²) >= 11 is 11.9. The number of halogens is 2. The molecule has 0 bridgehead atoms. The standard InChI is InChI=1S/C18H13Cl2N3O2/c19-15-6-5-14(8-16(15)20)23-10-12(7-17(23)24)18(25)22-13-3-1-11(9-21)2-4-13/h1-6,8,12H,7,10H2,(H,22,25). The van der Waals surface area contributed by atoms with E-state index in [1.807, 2.05) is 6.07 Å². The minimum Gasteiger partial charge on any atom is -0.326 e. The van der Waals surface area contributed by atoms with Gasteiger partial charge in [0.2, 0.25) is 11.8 Å². The number of amides is 2. The van der Waals surface area contributed by atoms with Crippen molar-refractivity contribution in [2.75, 3.05) is 16.8 Å². The van der Waals surface area contributed by atoms with E-state index in [2.05, 4.69) is 5.32 Å². The number of benzene rings is 2. The molecular formula is C18H13Cl2N3O2. The predicted molar refractivity (Wildman–Crippen MR) is 96.7 cm³/mol. The highest BCUT2D eigenvalue weighted by Crippen LogP contribution is 2.31. The molecule has 0 saturated carbocycles. The molecule has 1 aliphatic heterocycles. The first-order valence-electron chi connectivity index (χ1n) is 7.54. The Morgan fingerprint density at radius 1 is 1.16 bits per heavy atom. The first-order valence-corrected chi connectivity index (χ1v) is 8.30. The molecule has 1 unspecified atom stereocenters. The normalized spacial score (nSPS) is 16.6. The average molecular weight is 374 g/mol. The van der Waals surface area contributed by atoms with Crippen molar-refractivity contribution in [2.45, 2.75) is 6.42 Å². The average Bonchev–Trinajstić information content (AvgIpc) is 3.00. The van der Waals surface area contributed by atoms with Crippen molar-refractivity contribution in [3.8, 4) is 6.07 Å². The lowest BCUT2D eigenvalue weighted by atomic mass is 10.1. The number of nitriles is 1. The lowest BCUT2D eigenvalue weighted by Gasteiger charge is -2.17. The smallest absolute Gasteiger partial charge is 0.229 e. The molecule has 1 atom stereocenters. The second kappa shape index (κ2) is 7.14. The van der Waals surface area contributed by atoms with E-state index in [1.165, 1.54) is 4.90 Å². The molecule has 1 aliphatic rings. The van der Waals surface area contributed by atoms with Crippen LogP contribution in [0.2, 0.25) is 10.0 Å². The lowest BCUT2D eigenvalue weighted by molar-refractivity contribution is -0.122. The number of nitrogens with one attached hydrogen (secondary N) is 1. The molecule has 126 valence electrons. The summed E-state index contributed by atoms with van der Waals surface area (Å²) in [6.07, 6.45) is 0.127. The number of hydrogen-bond donors (Lipinski definition) is 1. The fourth-order valence-corrected chi connectivity index (χ4v) is 2.95. The van der Waals surface area contributed by atoms with Crippen LogP contribution in [0, 0.1) is 17.2 Å². The molecular weight excluding hydrogens is 361 g/mol. The predicted octanol–water partition coefficient (Wildman–Crippen LogP) is 3.86. The molecule has 0 aromatic heterocycles. The molecule has 0 aliphatic carbocycles. The van der Waals surface area contributed by atoms with Gasteiger partial charge in [0.15, 0.2) is 0 Å². The van der Waals surface area contributed by atoms with Crippen molar-refractivity contribution in [3.05, 3.63) is 58.1 Å². The molecule has 3 rings (SSSR count). The van der Waals surface area contributed by atoms with Crippen molar-refractivity contribution >= 4 is 46.4 Å². The van der Waals surface area contributed by atoms with E-state index >= 15 is 0 Å². The maximum Gasteiger partial charge on any atom is 0.229 e. The van der Waals surface area contributed by atoms with Crippen LogP contribution < -0.4 is 10.2 Å². The highest BCUT2D eigenvalue weighted by molar-refractivity contribution is 6.42. The molecule has 5 nitrogen and oxygen atoms in total. The molecule has 1 N–H and O–H groups in total. The summed E-state index contributed by atoms with van der Waals surface area (Å²) in [5.74, 6) is -0.836. The summed E-state index contributed by atoms with van der Waals surface area (Å²) in [4.78, 5) is 26.2. The largest absolute Gasteiger partial charge is 0.326 e. The van der Waals surface area contributed by atoms with Crippen LogP contribution >= 0.6 is 23.2 Å². The second-order valence-corrected chi connectivity index (χ2v) is 6.50. The monoisotopic (exact) mass is 373 g/mol. The van der Waals surface area contributed by atoms with Crippen LogP contribution in [0.5, 0.6) is 0 Å². The molecule has 0 spiro atoms. The van der Waals surface area contributed by atoms with E-state index in [0.29, 0.717) is 27.0 Å². The van der Waals surface area contributed by atoms with Crippen LogP contribution in [0.25, 0.3) is 0 Å². The van der Waals surface area contributed by atoms with Crippen LogP contribution in [0.4, 0.5) is 11.4 Å². The minimum atomic E-state index is -0.461. The molecule has 2 aromatic carbocycles. The third kappa shape index (κ3) is 3.76. The van der Waals surface area contributed by atoms with E-state index in [0.717, 1.165) is 0 Å². The Balaban J connectivity index is 1.69. The first kappa shape index (κ1) is 17.3. The SMILES string of the molecule is N#Cc1ccc(NC(=O)C2CC(=O)N(c3ccc(Cl)c(Cl)c3)C2)cc1.